The molecule has 1 aromatic carbocycles. The van der Waals surface area contributed by atoms with Crippen LogP contribution in [0.25, 0.3) is 0 Å². The van der Waals surface area contributed by atoms with E-state index in [1.54, 1.807) is 12.1 Å². The number of benzene rings is 1. The number of amides is 1. The van der Waals surface area contributed by atoms with Crippen molar-refractivity contribution >= 4 is 11.6 Å². The molecule has 0 bridgehead atoms. The Morgan fingerprint density at radius 2 is 2.00 bits per heavy atom. The van der Waals surface area contributed by atoms with E-state index in [4.69, 9.17) is 5.73 Å². The van der Waals surface area contributed by atoms with Crippen LogP contribution in [0.3, 0.4) is 0 Å². The molecule has 0 saturated heterocycles. The largest absolute Gasteiger partial charge is 0.329 e. The van der Waals surface area contributed by atoms with Gasteiger partial charge in [-0.15, -0.1) is 0 Å². The third kappa shape index (κ3) is 1.99. The summed E-state index contributed by atoms with van der Waals surface area (Å²) in [5.74, 6) is -0.371. The maximum atomic E-state index is 12.6. The molecule has 1 aromatic rings. The highest BCUT2D eigenvalue weighted by atomic mass is 19.1. The molecule has 80 valence electrons. The van der Waals surface area contributed by atoms with Crippen molar-refractivity contribution in [3.63, 3.8) is 0 Å². The quantitative estimate of drug-likeness (QED) is 0.791. The first-order valence-electron chi connectivity index (χ1n) is 4.93. The second-order valence-electron chi connectivity index (χ2n) is 3.95. The Kier molecular flexibility index (Phi) is 2.44. The average Bonchev–Trinajstić information content (AvgIpc) is 3.02. The number of nitrogens with two attached hydrogens (primary N) is 1. The van der Waals surface area contributed by atoms with Crippen molar-refractivity contribution in [3.05, 3.63) is 30.1 Å². The summed E-state index contributed by atoms with van der Waals surface area (Å²) in [4.78, 5) is 11.7. The maximum absolute atomic E-state index is 12.6. The summed E-state index contributed by atoms with van der Waals surface area (Å²) in [7, 11) is 0. The molecule has 0 unspecified atom stereocenters. The SMILES string of the molecule is NCC1(C(=O)Nc2ccc(F)cc2)CC1. The van der Waals surface area contributed by atoms with Gasteiger partial charge in [0.15, 0.2) is 0 Å². The van der Waals surface area contributed by atoms with Gasteiger partial charge in [-0.1, -0.05) is 0 Å². The molecule has 0 heterocycles. The molecule has 1 aliphatic carbocycles. The van der Waals surface area contributed by atoms with E-state index in [1.165, 1.54) is 12.1 Å². The van der Waals surface area contributed by atoms with Gasteiger partial charge in [0, 0.05) is 12.2 Å². The van der Waals surface area contributed by atoms with Gasteiger partial charge in [0.05, 0.1) is 5.41 Å². The van der Waals surface area contributed by atoms with E-state index < -0.39 is 0 Å². The third-order valence-corrected chi connectivity index (χ3v) is 2.83. The van der Waals surface area contributed by atoms with E-state index in [9.17, 15) is 9.18 Å². The fourth-order valence-corrected chi connectivity index (χ4v) is 1.47. The Bertz CT molecular complexity index is 371. The molecule has 0 radical (unpaired) electrons. The Balaban J connectivity index is 2.03. The number of nitrogens with one attached hydrogen (secondary N) is 1. The lowest BCUT2D eigenvalue weighted by Crippen LogP contribution is -2.30. The summed E-state index contributed by atoms with van der Waals surface area (Å²) in [6.45, 7) is 0.375. The first-order valence-corrected chi connectivity index (χ1v) is 4.93. The molecule has 3 nitrogen and oxygen atoms in total. The van der Waals surface area contributed by atoms with Crippen LogP contribution in [0, 0.1) is 11.2 Å². The van der Waals surface area contributed by atoms with Crippen LogP contribution in [0.1, 0.15) is 12.8 Å². The van der Waals surface area contributed by atoms with E-state index in [-0.39, 0.29) is 17.1 Å². The molecular weight excluding hydrogens is 195 g/mol. The highest BCUT2D eigenvalue weighted by Crippen LogP contribution is 2.45. The summed E-state index contributed by atoms with van der Waals surface area (Å²) in [6, 6.07) is 5.72. The molecule has 3 N–H and O–H groups in total. The van der Waals surface area contributed by atoms with Gasteiger partial charge in [-0.05, 0) is 37.1 Å². The summed E-state index contributed by atoms with van der Waals surface area (Å²) in [5, 5.41) is 2.74. The lowest BCUT2D eigenvalue weighted by atomic mass is 10.1. The van der Waals surface area contributed by atoms with Crippen LogP contribution < -0.4 is 11.1 Å². The van der Waals surface area contributed by atoms with E-state index >= 15 is 0 Å². The molecule has 0 aromatic heterocycles. The molecule has 1 aliphatic rings. The number of carbonyl (C=O) groups excluding carboxylic acids is 1. The fraction of sp³-hybridized carbons (Fsp3) is 0.364. The second kappa shape index (κ2) is 3.62. The van der Waals surface area contributed by atoms with E-state index in [1.807, 2.05) is 0 Å². The van der Waals surface area contributed by atoms with Crippen LogP contribution in [0.15, 0.2) is 24.3 Å². The van der Waals surface area contributed by atoms with Crippen molar-refractivity contribution in [1.82, 2.24) is 0 Å². The Labute approximate surface area is 87.5 Å². The van der Waals surface area contributed by atoms with Crippen LogP contribution in [-0.2, 0) is 4.79 Å². The van der Waals surface area contributed by atoms with Crippen molar-refractivity contribution in [2.75, 3.05) is 11.9 Å². The lowest BCUT2D eigenvalue weighted by molar-refractivity contribution is -0.120. The second-order valence-corrected chi connectivity index (χ2v) is 3.95. The molecule has 0 aliphatic heterocycles. The topological polar surface area (TPSA) is 55.1 Å². The highest BCUT2D eigenvalue weighted by molar-refractivity contribution is 5.97. The molecule has 4 heteroatoms. The van der Waals surface area contributed by atoms with Crippen molar-refractivity contribution in [1.29, 1.82) is 0 Å². The van der Waals surface area contributed by atoms with Crippen molar-refractivity contribution < 1.29 is 9.18 Å². The number of rotatable bonds is 3. The van der Waals surface area contributed by atoms with Crippen molar-refractivity contribution in [3.8, 4) is 0 Å². The summed E-state index contributed by atoms with van der Waals surface area (Å²) < 4.78 is 12.6. The molecule has 1 fully saturated rings. The van der Waals surface area contributed by atoms with Crippen LogP contribution in [0.5, 0.6) is 0 Å². The molecule has 0 atom stereocenters. The van der Waals surface area contributed by atoms with Crippen molar-refractivity contribution in [2.24, 2.45) is 11.1 Å². The molecule has 15 heavy (non-hydrogen) atoms. The average molecular weight is 208 g/mol. The van der Waals surface area contributed by atoms with Gasteiger partial charge in [-0.25, -0.2) is 4.39 Å². The third-order valence-electron chi connectivity index (χ3n) is 2.83. The summed E-state index contributed by atoms with van der Waals surface area (Å²) in [6.07, 6.45) is 1.69. The summed E-state index contributed by atoms with van der Waals surface area (Å²) >= 11 is 0. The van der Waals surface area contributed by atoms with Crippen LogP contribution in [0.2, 0.25) is 0 Å². The van der Waals surface area contributed by atoms with Gasteiger partial charge >= 0.3 is 0 Å². The Hall–Kier alpha value is -1.42. The number of carbonyl (C=O) groups is 1. The van der Waals surface area contributed by atoms with Gasteiger partial charge < -0.3 is 11.1 Å². The van der Waals surface area contributed by atoms with Crippen LogP contribution in [-0.4, -0.2) is 12.5 Å². The first-order chi connectivity index (χ1) is 7.16. The Morgan fingerprint density at radius 1 is 1.40 bits per heavy atom. The van der Waals surface area contributed by atoms with Gasteiger partial charge in [-0.2, -0.15) is 0 Å². The van der Waals surface area contributed by atoms with Gasteiger partial charge in [0.2, 0.25) is 5.91 Å². The lowest BCUT2D eigenvalue weighted by Gasteiger charge is -2.12. The minimum Gasteiger partial charge on any atom is -0.329 e. The molecular formula is C11H13FN2O. The zero-order valence-corrected chi connectivity index (χ0v) is 8.29. The monoisotopic (exact) mass is 208 g/mol. The molecule has 1 saturated carbocycles. The number of anilines is 1. The molecule has 2 rings (SSSR count). The van der Waals surface area contributed by atoms with Crippen LogP contribution >= 0.6 is 0 Å². The predicted octanol–water partition coefficient (Wildman–Crippen LogP) is 1.50. The fourth-order valence-electron chi connectivity index (χ4n) is 1.47. The zero-order valence-electron chi connectivity index (χ0n) is 8.29. The summed E-state index contributed by atoms with van der Waals surface area (Å²) in [5.41, 5.74) is 5.77. The Morgan fingerprint density at radius 3 is 2.47 bits per heavy atom. The van der Waals surface area contributed by atoms with E-state index in [0.717, 1.165) is 12.8 Å². The number of halogens is 1. The van der Waals surface area contributed by atoms with Gasteiger partial charge in [0.25, 0.3) is 0 Å². The van der Waals surface area contributed by atoms with Gasteiger partial charge in [0.1, 0.15) is 5.82 Å². The number of hydrogen-bond donors (Lipinski definition) is 2. The highest BCUT2D eigenvalue weighted by Gasteiger charge is 2.48. The van der Waals surface area contributed by atoms with Crippen LogP contribution in [0.4, 0.5) is 10.1 Å². The first kappa shape index (κ1) is 10.1. The molecule has 0 spiro atoms. The molecule has 1 amide bonds. The minimum atomic E-state index is -0.367. The smallest absolute Gasteiger partial charge is 0.231 e. The normalized spacial score (nSPS) is 17.2. The van der Waals surface area contributed by atoms with E-state index in [2.05, 4.69) is 5.32 Å². The minimum absolute atomic E-state index is 0.0587. The van der Waals surface area contributed by atoms with Crippen molar-refractivity contribution in [2.45, 2.75) is 12.8 Å². The van der Waals surface area contributed by atoms with E-state index in [0.29, 0.717) is 12.2 Å². The maximum Gasteiger partial charge on any atom is 0.231 e. The zero-order chi connectivity index (χ0) is 10.9. The standard InChI is InChI=1S/C11H13FN2O/c12-8-1-3-9(4-2-8)14-10(15)11(7-13)5-6-11/h1-4H,5-7,13H2,(H,14,15). The van der Waals surface area contributed by atoms with Gasteiger partial charge in [-0.3, -0.25) is 4.79 Å². The number of hydrogen-bond acceptors (Lipinski definition) is 2. The predicted molar refractivity (Wildman–Crippen MR) is 55.8 cm³/mol.